The van der Waals surface area contributed by atoms with Gasteiger partial charge in [0.2, 0.25) is 0 Å². The Bertz CT molecular complexity index is 670. The maximum absolute atomic E-state index is 8.99. The maximum atomic E-state index is 8.99. The number of nitrogens with zero attached hydrogens (tertiary/aromatic N) is 4. The monoisotopic (exact) mass is 267 g/mol. The number of pyridine rings is 1. The molecule has 0 aromatic carbocycles. The van der Waals surface area contributed by atoms with Gasteiger partial charge < -0.3 is 5.32 Å². The van der Waals surface area contributed by atoms with Crippen LogP contribution in [0.2, 0.25) is 0 Å². The van der Waals surface area contributed by atoms with Gasteiger partial charge in [-0.15, -0.1) is 0 Å². The highest BCUT2D eigenvalue weighted by atomic mass is 15.0. The molecule has 2 aromatic heterocycles. The van der Waals surface area contributed by atoms with E-state index in [0.29, 0.717) is 5.56 Å². The van der Waals surface area contributed by atoms with E-state index < -0.39 is 0 Å². The first kappa shape index (κ1) is 13.9. The fourth-order valence-corrected chi connectivity index (χ4v) is 1.95. The third-order valence-electron chi connectivity index (χ3n) is 3.06. The molecule has 0 aliphatic heterocycles. The first-order chi connectivity index (χ1) is 9.56. The normalized spacial score (nSPS) is 10.4. The molecule has 0 bridgehead atoms. The van der Waals surface area contributed by atoms with E-state index in [1.54, 1.807) is 18.5 Å². The quantitative estimate of drug-likeness (QED) is 0.925. The first-order valence-corrected chi connectivity index (χ1v) is 6.48. The van der Waals surface area contributed by atoms with Crippen LogP contribution in [0, 0.1) is 18.3 Å². The Labute approximate surface area is 118 Å². The zero-order valence-electron chi connectivity index (χ0n) is 12.1. The summed E-state index contributed by atoms with van der Waals surface area (Å²) in [6.45, 7) is 6.07. The molecule has 0 unspecified atom stereocenters. The molecule has 0 radical (unpaired) electrons. The Hall–Kier alpha value is -2.48. The predicted octanol–water partition coefficient (Wildman–Crippen LogP) is 2.88. The summed E-state index contributed by atoms with van der Waals surface area (Å²) in [6, 6.07) is 3.90. The molecule has 0 aliphatic rings. The Morgan fingerprint density at radius 2 is 2.00 bits per heavy atom. The number of anilines is 1. The summed E-state index contributed by atoms with van der Waals surface area (Å²) in [5, 5.41) is 12.1. The van der Waals surface area contributed by atoms with Crippen molar-refractivity contribution >= 4 is 5.82 Å². The van der Waals surface area contributed by atoms with Crippen molar-refractivity contribution in [2.75, 3.05) is 12.4 Å². The fraction of sp³-hybridized carbons (Fsp3) is 0.333. The molecule has 102 valence electrons. The molecule has 5 nitrogen and oxygen atoms in total. The lowest BCUT2D eigenvalue weighted by molar-refractivity contribution is 0.775. The molecule has 5 heteroatoms. The van der Waals surface area contributed by atoms with Crippen molar-refractivity contribution in [3.05, 3.63) is 35.4 Å². The molecule has 0 saturated heterocycles. The highest BCUT2D eigenvalue weighted by molar-refractivity contribution is 5.68. The largest absolute Gasteiger partial charge is 0.373 e. The van der Waals surface area contributed by atoms with Crippen molar-refractivity contribution in [1.29, 1.82) is 5.26 Å². The molecule has 2 heterocycles. The van der Waals surface area contributed by atoms with Crippen LogP contribution in [0.3, 0.4) is 0 Å². The van der Waals surface area contributed by atoms with Gasteiger partial charge in [0, 0.05) is 36.5 Å². The van der Waals surface area contributed by atoms with Crippen LogP contribution in [-0.4, -0.2) is 22.0 Å². The second-order valence-electron chi connectivity index (χ2n) is 4.88. The predicted molar refractivity (Wildman–Crippen MR) is 78.4 cm³/mol. The molecule has 20 heavy (non-hydrogen) atoms. The van der Waals surface area contributed by atoms with E-state index in [0.717, 1.165) is 28.5 Å². The Morgan fingerprint density at radius 3 is 2.60 bits per heavy atom. The highest BCUT2D eigenvalue weighted by Gasteiger charge is 2.14. The minimum atomic E-state index is 0.230. The average molecular weight is 267 g/mol. The van der Waals surface area contributed by atoms with Crippen molar-refractivity contribution in [3.63, 3.8) is 0 Å². The lowest BCUT2D eigenvalue weighted by Crippen LogP contribution is -2.06. The molecule has 0 saturated carbocycles. The van der Waals surface area contributed by atoms with Crippen molar-refractivity contribution in [2.24, 2.45) is 0 Å². The van der Waals surface area contributed by atoms with Gasteiger partial charge in [-0.1, -0.05) is 13.8 Å². The second kappa shape index (κ2) is 5.66. The SMILES string of the molecule is CNc1nc(C(C)C)nc(-c2cncc(C#N)c2)c1C. The zero-order valence-corrected chi connectivity index (χ0v) is 12.1. The van der Waals surface area contributed by atoms with Gasteiger partial charge in [0.15, 0.2) is 0 Å². The van der Waals surface area contributed by atoms with E-state index in [9.17, 15) is 0 Å². The lowest BCUT2D eigenvalue weighted by atomic mass is 10.1. The summed E-state index contributed by atoms with van der Waals surface area (Å²) in [4.78, 5) is 13.2. The standard InChI is InChI=1S/C15H17N5/c1-9(2)14-19-13(10(3)15(17-4)20-14)12-5-11(6-16)7-18-8-12/h5,7-9H,1-4H3,(H,17,19,20). The molecule has 1 N–H and O–H groups in total. The van der Waals surface area contributed by atoms with Crippen LogP contribution in [0.1, 0.15) is 36.7 Å². The molecule has 2 rings (SSSR count). The van der Waals surface area contributed by atoms with Crippen molar-refractivity contribution in [1.82, 2.24) is 15.0 Å². The second-order valence-corrected chi connectivity index (χ2v) is 4.88. The topological polar surface area (TPSA) is 74.5 Å². The zero-order chi connectivity index (χ0) is 14.7. The van der Waals surface area contributed by atoms with Gasteiger partial charge in [-0.2, -0.15) is 5.26 Å². The van der Waals surface area contributed by atoms with Crippen molar-refractivity contribution < 1.29 is 0 Å². The van der Waals surface area contributed by atoms with E-state index in [2.05, 4.69) is 40.2 Å². The number of nitriles is 1. The molecule has 2 aromatic rings. The number of hydrogen-bond donors (Lipinski definition) is 1. The summed E-state index contributed by atoms with van der Waals surface area (Å²) < 4.78 is 0. The summed E-state index contributed by atoms with van der Waals surface area (Å²) >= 11 is 0. The Morgan fingerprint density at radius 1 is 1.25 bits per heavy atom. The van der Waals surface area contributed by atoms with Gasteiger partial charge in [0.05, 0.1) is 11.3 Å². The molecule has 0 fully saturated rings. The molecule has 0 aliphatic carbocycles. The van der Waals surface area contributed by atoms with Crippen LogP contribution in [0.5, 0.6) is 0 Å². The van der Waals surface area contributed by atoms with Crippen LogP contribution < -0.4 is 5.32 Å². The smallest absolute Gasteiger partial charge is 0.133 e. The number of rotatable bonds is 3. The third kappa shape index (κ3) is 2.59. The molecule has 0 atom stereocenters. The maximum Gasteiger partial charge on any atom is 0.133 e. The molecule has 0 amide bonds. The summed E-state index contributed by atoms with van der Waals surface area (Å²) in [5.74, 6) is 1.81. The van der Waals surface area contributed by atoms with Crippen molar-refractivity contribution in [3.8, 4) is 17.3 Å². The van der Waals surface area contributed by atoms with Gasteiger partial charge in [-0.3, -0.25) is 4.98 Å². The summed E-state index contributed by atoms with van der Waals surface area (Å²) in [5.41, 5.74) is 3.13. The van der Waals surface area contributed by atoms with Crippen LogP contribution in [0.15, 0.2) is 18.5 Å². The summed E-state index contributed by atoms with van der Waals surface area (Å²) in [6.07, 6.45) is 3.27. The minimum Gasteiger partial charge on any atom is -0.373 e. The van der Waals surface area contributed by atoms with E-state index in [1.165, 1.54) is 0 Å². The van der Waals surface area contributed by atoms with E-state index in [-0.39, 0.29) is 5.92 Å². The Kier molecular flexibility index (Phi) is 3.94. The third-order valence-corrected chi connectivity index (χ3v) is 3.06. The Balaban J connectivity index is 2.66. The van der Waals surface area contributed by atoms with E-state index in [4.69, 9.17) is 5.26 Å². The number of hydrogen-bond acceptors (Lipinski definition) is 5. The van der Waals surface area contributed by atoms with E-state index >= 15 is 0 Å². The first-order valence-electron chi connectivity index (χ1n) is 6.48. The van der Waals surface area contributed by atoms with Crippen LogP contribution >= 0.6 is 0 Å². The van der Waals surface area contributed by atoms with Gasteiger partial charge in [-0.05, 0) is 13.0 Å². The highest BCUT2D eigenvalue weighted by Crippen LogP contribution is 2.27. The van der Waals surface area contributed by atoms with Crippen molar-refractivity contribution in [2.45, 2.75) is 26.7 Å². The summed E-state index contributed by atoms with van der Waals surface area (Å²) in [7, 11) is 1.84. The molecular formula is C15H17N5. The van der Waals surface area contributed by atoms with Gasteiger partial charge in [-0.25, -0.2) is 9.97 Å². The lowest BCUT2D eigenvalue weighted by Gasteiger charge is -2.14. The molecular weight excluding hydrogens is 250 g/mol. The molecule has 0 spiro atoms. The van der Waals surface area contributed by atoms with Crippen LogP contribution in [0.4, 0.5) is 5.82 Å². The fourth-order valence-electron chi connectivity index (χ4n) is 1.95. The van der Waals surface area contributed by atoms with Crippen LogP contribution in [0.25, 0.3) is 11.3 Å². The van der Waals surface area contributed by atoms with Gasteiger partial charge >= 0.3 is 0 Å². The number of nitrogens with one attached hydrogen (secondary N) is 1. The van der Waals surface area contributed by atoms with Gasteiger partial charge in [0.1, 0.15) is 17.7 Å². The van der Waals surface area contributed by atoms with Gasteiger partial charge in [0.25, 0.3) is 0 Å². The van der Waals surface area contributed by atoms with Crippen LogP contribution in [-0.2, 0) is 0 Å². The van der Waals surface area contributed by atoms with E-state index in [1.807, 2.05) is 14.0 Å². The minimum absolute atomic E-state index is 0.230. The number of aromatic nitrogens is 3. The average Bonchev–Trinajstić information content (AvgIpc) is 2.47.